The van der Waals surface area contributed by atoms with E-state index >= 15 is 0 Å². The minimum atomic E-state index is -0.839. The molecule has 0 unspecified atom stereocenters. The van der Waals surface area contributed by atoms with Gasteiger partial charge in [-0.15, -0.1) is 16.4 Å². The Morgan fingerprint density at radius 1 is 1.30 bits per heavy atom. The number of benzene rings is 1. The van der Waals surface area contributed by atoms with Gasteiger partial charge in [0.1, 0.15) is 11.8 Å². The van der Waals surface area contributed by atoms with Crippen LogP contribution in [0.4, 0.5) is 5.69 Å². The first-order valence-corrected chi connectivity index (χ1v) is 12.0. The maximum absolute atomic E-state index is 13.4. The van der Waals surface area contributed by atoms with Gasteiger partial charge in [0.25, 0.3) is 11.5 Å². The first-order chi connectivity index (χ1) is 15.6. The van der Waals surface area contributed by atoms with Gasteiger partial charge in [-0.05, 0) is 61.3 Å². The Hall–Kier alpha value is -3.07. The van der Waals surface area contributed by atoms with E-state index in [-0.39, 0.29) is 29.3 Å². The summed E-state index contributed by atoms with van der Waals surface area (Å²) >= 11 is 1.55. The summed E-state index contributed by atoms with van der Waals surface area (Å²) in [5.41, 5.74) is 1.80. The van der Waals surface area contributed by atoms with Crippen LogP contribution in [0.2, 0.25) is 0 Å². The van der Waals surface area contributed by atoms with Crippen molar-refractivity contribution in [2.24, 2.45) is 11.3 Å². The summed E-state index contributed by atoms with van der Waals surface area (Å²) in [5, 5.41) is 11.7. The maximum atomic E-state index is 13.4. The van der Waals surface area contributed by atoms with E-state index < -0.39 is 6.04 Å². The van der Waals surface area contributed by atoms with Crippen molar-refractivity contribution in [2.75, 3.05) is 11.9 Å². The SMILES string of the molecule is C[C@@H](C(=O)c1ccc2c(c1)NC(=O)CO2)n1nnc2sc3c(c2c1=O)CC[C@H](C(C)(C)C)C3. The topological polar surface area (TPSA) is 103 Å². The van der Waals surface area contributed by atoms with Gasteiger partial charge in [0.05, 0.1) is 11.1 Å². The van der Waals surface area contributed by atoms with Gasteiger partial charge in [-0.1, -0.05) is 26.0 Å². The molecule has 1 N–H and O–H groups in total. The number of aryl methyl sites for hydroxylation is 1. The van der Waals surface area contributed by atoms with Gasteiger partial charge in [0, 0.05) is 10.4 Å². The van der Waals surface area contributed by atoms with E-state index in [9.17, 15) is 14.4 Å². The molecule has 9 heteroatoms. The summed E-state index contributed by atoms with van der Waals surface area (Å²) in [6.45, 7) is 8.37. The number of ether oxygens (including phenoxy) is 1. The summed E-state index contributed by atoms with van der Waals surface area (Å²) in [6.07, 6.45) is 2.81. The molecule has 5 rings (SSSR count). The second-order valence-corrected chi connectivity index (χ2v) is 11.0. The van der Waals surface area contributed by atoms with Crippen LogP contribution in [-0.4, -0.2) is 33.3 Å². The summed E-state index contributed by atoms with van der Waals surface area (Å²) in [5.74, 6) is 0.506. The van der Waals surface area contributed by atoms with Crippen molar-refractivity contribution in [3.05, 3.63) is 44.6 Å². The molecular formula is C24H26N4O4S. The molecule has 0 radical (unpaired) electrons. The highest BCUT2D eigenvalue weighted by Gasteiger charge is 2.32. The fraction of sp³-hybridized carbons (Fsp3) is 0.458. The van der Waals surface area contributed by atoms with Crippen LogP contribution in [-0.2, 0) is 17.6 Å². The van der Waals surface area contributed by atoms with E-state index in [1.807, 2.05) is 0 Å². The molecule has 0 saturated carbocycles. The van der Waals surface area contributed by atoms with Crippen LogP contribution in [0.25, 0.3) is 10.2 Å². The molecule has 3 aromatic rings. The standard InChI is InChI=1S/C24H26N4O4S/c1-12(21(30)13-5-8-17-16(9-13)25-19(29)11-32-17)28-23(31)20-15-7-6-14(24(2,3)4)10-18(15)33-22(20)26-27-28/h5,8-9,12,14H,6-7,10-11H2,1-4H3,(H,25,29)/t12-,14-/m0/s1. The number of Topliss-reactive ketones (excluding diaryl/α,β-unsaturated/α-hetero) is 1. The quantitative estimate of drug-likeness (QED) is 0.589. The molecular weight excluding hydrogens is 440 g/mol. The van der Waals surface area contributed by atoms with Crippen LogP contribution in [0.15, 0.2) is 23.0 Å². The molecule has 2 atom stereocenters. The minimum Gasteiger partial charge on any atom is -0.482 e. The summed E-state index contributed by atoms with van der Waals surface area (Å²) in [4.78, 5) is 40.1. The summed E-state index contributed by atoms with van der Waals surface area (Å²) in [7, 11) is 0. The number of nitrogens with zero attached hydrogens (tertiary/aromatic N) is 3. The maximum Gasteiger partial charge on any atom is 0.279 e. The number of carbonyl (C=O) groups excluding carboxylic acids is 2. The Morgan fingerprint density at radius 3 is 2.85 bits per heavy atom. The molecule has 33 heavy (non-hydrogen) atoms. The Morgan fingerprint density at radius 2 is 2.09 bits per heavy atom. The van der Waals surface area contributed by atoms with Gasteiger partial charge in [0.15, 0.2) is 17.2 Å². The molecule has 0 bridgehead atoms. The van der Waals surface area contributed by atoms with Gasteiger partial charge < -0.3 is 10.1 Å². The average molecular weight is 467 g/mol. The number of anilines is 1. The van der Waals surface area contributed by atoms with Gasteiger partial charge >= 0.3 is 0 Å². The third-order valence-corrected chi connectivity index (χ3v) is 7.91. The Labute approximate surface area is 194 Å². The number of ketones is 1. The van der Waals surface area contributed by atoms with Crippen molar-refractivity contribution in [1.82, 2.24) is 15.0 Å². The van der Waals surface area contributed by atoms with Crippen molar-refractivity contribution < 1.29 is 14.3 Å². The molecule has 172 valence electrons. The van der Waals surface area contributed by atoms with Crippen LogP contribution in [0.5, 0.6) is 5.75 Å². The number of rotatable bonds is 3. The minimum absolute atomic E-state index is 0.0524. The number of aromatic nitrogens is 3. The highest BCUT2D eigenvalue weighted by molar-refractivity contribution is 7.18. The van der Waals surface area contributed by atoms with Crippen molar-refractivity contribution >= 4 is 38.9 Å². The monoisotopic (exact) mass is 466 g/mol. The smallest absolute Gasteiger partial charge is 0.279 e. The zero-order valence-electron chi connectivity index (χ0n) is 19.1. The lowest BCUT2D eigenvalue weighted by Gasteiger charge is -2.33. The molecule has 2 aromatic heterocycles. The van der Waals surface area contributed by atoms with E-state index in [1.54, 1.807) is 36.5 Å². The zero-order chi connectivity index (χ0) is 23.5. The number of thiophene rings is 1. The third kappa shape index (κ3) is 3.74. The summed E-state index contributed by atoms with van der Waals surface area (Å²) < 4.78 is 6.54. The van der Waals surface area contributed by atoms with Crippen molar-refractivity contribution in [1.29, 1.82) is 0 Å². The fourth-order valence-corrected chi connectivity index (χ4v) is 5.92. The van der Waals surface area contributed by atoms with Gasteiger partial charge in [-0.25, -0.2) is 0 Å². The predicted octanol–water partition coefficient (Wildman–Crippen LogP) is 3.78. The predicted molar refractivity (Wildman–Crippen MR) is 126 cm³/mol. The first kappa shape index (κ1) is 21.8. The lowest BCUT2D eigenvalue weighted by Crippen LogP contribution is -2.32. The largest absolute Gasteiger partial charge is 0.482 e. The molecule has 0 spiro atoms. The lowest BCUT2D eigenvalue weighted by molar-refractivity contribution is -0.118. The van der Waals surface area contributed by atoms with Crippen LogP contribution in [0.3, 0.4) is 0 Å². The molecule has 0 fully saturated rings. The van der Waals surface area contributed by atoms with Crippen molar-refractivity contribution in [3.63, 3.8) is 0 Å². The first-order valence-electron chi connectivity index (χ1n) is 11.1. The van der Waals surface area contributed by atoms with E-state index in [0.29, 0.717) is 33.1 Å². The highest BCUT2D eigenvalue weighted by atomic mass is 32.1. The van der Waals surface area contributed by atoms with Crippen LogP contribution in [0, 0.1) is 11.3 Å². The Balaban J connectivity index is 1.49. The molecule has 1 aliphatic heterocycles. The van der Waals surface area contributed by atoms with Gasteiger partial charge in [-0.2, -0.15) is 4.68 Å². The number of hydrogen-bond donors (Lipinski definition) is 1. The molecule has 1 aliphatic carbocycles. The normalized spacial score (nSPS) is 18.8. The second-order valence-electron chi connectivity index (χ2n) is 9.92. The molecule has 8 nitrogen and oxygen atoms in total. The Bertz CT molecular complexity index is 1350. The number of hydrogen-bond acceptors (Lipinski definition) is 7. The fourth-order valence-electron chi connectivity index (χ4n) is 4.69. The number of nitrogens with one attached hydrogen (secondary N) is 1. The average Bonchev–Trinajstić information content (AvgIpc) is 3.16. The van der Waals surface area contributed by atoms with Gasteiger partial charge in [-0.3, -0.25) is 14.4 Å². The zero-order valence-corrected chi connectivity index (χ0v) is 19.9. The van der Waals surface area contributed by atoms with E-state index in [1.165, 1.54) is 9.56 Å². The van der Waals surface area contributed by atoms with Crippen molar-refractivity contribution in [2.45, 2.75) is 53.0 Å². The van der Waals surface area contributed by atoms with Crippen LogP contribution >= 0.6 is 11.3 Å². The van der Waals surface area contributed by atoms with Gasteiger partial charge in [0.2, 0.25) is 0 Å². The second kappa shape index (κ2) is 7.76. The van der Waals surface area contributed by atoms with E-state index in [2.05, 4.69) is 36.4 Å². The number of fused-ring (bicyclic) bond motifs is 4. The summed E-state index contributed by atoms with van der Waals surface area (Å²) in [6, 6.07) is 4.01. The molecule has 2 aliphatic rings. The van der Waals surface area contributed by atoms with E-state index in [0.717, 1.165) is 24.8 Å². The third-order valence-electron chi connectivity index (χ3n) is 6.77. The lowest BCUT2D eigenvalue weighted by atomic mass is 9.72. The molecule has 1 amide bonds. The molecule has 0 saturated heterocycles. The Kier molecular flexibility index (Phi) is 5.12. The molecule has 1 aromatic carbocycles. The van der Waals surface area contributed by atoms with Crippen LogP contribution in [0.1, 0.15) is 61.0 Å². The number of carbonyl (C=O) groups is 2. The number of amides is 1. The molecule has 3 heterocycles. The van der Waals surface area contributed by atoms with E-state index in [4.69, 9.17) is 4.74 Å². The van der Waals surface area contributed by atoms with Crippen molar-refractivity contribution in [3.8, 4) is 5.75 Å². The van der Waals surface area contributed by atoms with Crippen LogP contribution < -0.4 is 15.6 Å². The highest BCUT2D eigenvalue weighted by Crippen LogP contribution is 2.42.